The fourth-order valence-corrected chi connectivity index (χ4v) is 5.04. The third kappa shape index (κ3) is 10.0. The van der Waals surface area contributed by atoms with E-state index in [2.05, 4.69) is 0 Å². The van der Waals surface area contributed by atoms with E-state index < -0.39 is 35.0 Å². The Labute approximate surface area is 269 Å². The van der Waals surface area contributed by atoms with Crippen LogP contribution in [0.4, 0.5) is 26.3 Å². The molecule has 0 N–H and O–H groups in total. The van der Waals surface area contributed by atoms with Gasteiger partial charge >= 0.3 is 12.2 Å². The lowest BCUT2D eigenvalue weighted by Gasteiger charge is -2.19. The van der Waals surface area contributed by atoms with Crippen molar-refractivity contribution in [2.75, 3.05) is 0 Å². The van der Waals surface area contributed by atoms with Crippen LogP contribution in [0.25, 0.3) is 0 Å². The highest BCUT2D eigenvalue weighted by Crippen LogP contribution is 2.35. The van der Waals surface area contributed by atoms with Crippen molar-refractivity contribution >= 4 is 0 Å². The van der Waals surface area contributed by atoms with Gasteiger partial charge in [-0.25, -0.2) is 8.78 Å². The van der Waals surface area contributed by atoms with E-state index in [0.29, 0.717) is 24.0 Å². The van der Waals surface area contributed by atoms with Crippen molar-refractivity contribution in [1.29, 1.82) is 10.5 Å². The lowest BCUT2D eigenvalue weighted by molar-refractivity contribution is -0.188. The van der Waals surface area contributed by atoms with Crippen LogP contribution in [0.15, 0.2) is 84.9 Å². The van der Waals surface area contributed by atoms with Crippen molar-refractivity contribution in [2.24, 2.45) is 0 Å². The molecular weight excluding hydrogens is 618 g/mol. The quantitative estimate of drug-likeness (QED) is 0.0894. The molecule has 0 amide bonds. The number of rotatable bonds is 16. The van der Waals surface area contributed by atoms with Gasteiger partial charge in [0.15, 0.2) is 0 Å². The first kappa shape index (κ1) is 34.9. The van der Waals surface area contributed by atoms with Crippen molar-refractivity contribution in [2.45, 2.75) is 70.0 Å². The number of halogens is 6. The number of ether oxygens (including phenoxy) is 2. The molecule has 10 heteroatoms. The van der Waals surface area contributed by atoms with Gasteiger partial charge in [-0.3, -0.25) is 0 Å². The van der Waals surface area contributed by atoms with Gasteiger partial charge < -0.3 is 9.47 Å². The van der Waals surface area contributed by atoms with Gasteiger partial charge in [-0.15, -0.1) is 0 Å². The molecule has 4 aromatic rings. The van der Waals surface area contributed by atoms with Crippen LogP contribution in [0, 0.1) is 34.3 Å². The number of hydrogen-bond acceptors (Lipinski definition) is 4. The second-order valence-electron chi connectivity index (χ2n) is 11.1. The first-order valence-electron chi connectivity index (χ1n) is 15.2. The van der Waals surface area contributed by atoms with Gasteiger partial charge in [0.2, 0.25) is 0 Å². The van der Waals surface area contributed by atoms with Crippen LogP contribution in [0.3, 0.4) is 0 Å². The smallest absolute Gasteiger partial charge is 0.429 e. The van der Waals surface area contributed by atoms with E-state index in [1.165, 1.54) is 60.7 Å². The fourth-order valence-electron chi connectivity index (χ4n) is 5.04. The fraction of sp³-hybridized carbons (Fsp3) is 0.297. The minimum Gasteiger partial charge on any atom is -0.429 e. The van der Waals surface area contributed by atoms with E-state index >= 15 is 0 Å². The summed E-state index contributed by atoms with van der Waals surface area (Å²) in [4.78, 5) is 0. The summed E-state index contributed by atoms with van der Waals surface area (Å²) in [5.41, 5.74) is 0.0628. The Morgan fingerprint density at radius 2 is 0.830 bits per heavy atom. The lowest BCUT2D eigenvalue weighted by Crippen LogP contribution is -2.23. The van der Waals surface area contributed by atoms with E-state index in [9.17, 15) is 26.3 Å². The molecular formula is C37H32F6N2O2. The summed E-state index contributed by atoms with van der Waals surface area (Å²) in [6, 6.07) is 21.2. The van der Waals surface area contributed by atoms with Crippen molar-refractivity contribution in [3.63, 3.8) is 0 Å². The number of alkyl halides is 4. The predicted octanol–water partition coefficient (Wildman–Crippen LogP) is 10.5. The molecule has 4 nitrogen and oxygen atoms in total. The number of nitriles is 2. The number of nitrogens with zero attached hydrogens (tertiary/aromatic N) is 2. The van der Waals surface area contributed by atoms with Crippen molar-refractivity contribution in [3.05, 3.63) is 130 Å². The zero-order chi connectivity index (χ0) is 33.9. The zero-order valence-corrected chi connectivity index (χ0v) is 25.4. The summed E-state index contributed by atoms with van der Waals surface area (Å²) < 4.78 is 96.8. The molecule has 244 valence electrons. The van der Waals surface area contributed by atoms with Crippen LogP contribution in [0.5, 0.6) is 11.5 Å². The third-order valence-corrected chi connectivity index (χ3v) is 7.58. The highest BCUT2D eigenvalue weighted by Gasteiger charge is 2.38. The van der Waals surface area contributed by atoms with Gasteiger partial charge in [0, 0.05) is 0 Å². The van der Waals surface area contributed by atoms with E-state index in [1.54, 1.807) is 0 Å². The molecule has 47 heavy (non-hydrogen) atoms. The van der Waals surface area contributed by atoms with Crippen molar-refractivity contribution in [3.8, 4) is 23.6 Å². The second-order valence-corrected chi connectivity index (χ2v) is 11.1. The van der Waals surface area contributed by atoms with Crippen LogP contribution in [-0.4, -0.2) is 0 Å². The molecule has 0 aromatic heterocycles. The minimum atomic E-state index is -3.88. The second kappa shape index (κ2) is 16.0. The Hall–Kier alpha value is -4.96. The summed E-state index contributed by atoms with van der Waals surface area (Å²) in [7, 11) is 0. The molecule has 0 aliphatic carbocycles. The number of hydrogen-bond donors (Lipinski definition) is 0. The van der Waals surface area contributed by atoms with Crippen LogP contribution in [0.1, 0.15) is 78.3 Å². The minimum absolute atomic E-state index is 0.184. The maximum atomic E-state index is 14.6. The lowest BCUT2D eigenvalue weighted by atomic mass is 10.0. The average molecular weight is 651 g/mol. The summed E-state index contributed by atoms with van der Waals surface area (Å²) >= 11 is 0. The Morgan fingerprint density at radius 3 is 1.15 bits per heavy atom. The first-order valence-corrected chi connectivity index (χ1v) is 15.2. The topological polar surface area (TPSA) is 66.0 Å². The molecule has 4 aromatic carbocycles. The van der Waals surface area contributed by atoms with Gasteiger partial charge in [0.1, 0.15) is 23.1 Å². The van der Waals surface area contributed by atoms with Crippen LogP contribution in [-0.2, 0) is 25.1 Å². The number of aryl methyl sites for hydroxylation is 2. The molecule has 0 saturated heterocycles. The van der Waals surface area contributed by atoms with Crippen molar-refractivity contribution < 1.29 is 35.8 Å². The molecule has 0 fully saturated rings. The first-order chi connectivity index (χ1) is 22.5. The van der Waals surface area contributed by atoms with E-state index in [0.717, 1.165) is 69.2 Å². The maximum Gasteiger partial charge on any atom is 0.429 e. The largest absolute Gasteiger partial charge is 0.429 e. The van der Waals surface area contributed by atoms with Crippen molar-refractivity contribution in [1.82, 2.24) is 0 Å². The number of benzene rings is 4. The highest BCUT2D eigenvalue weighted by atomic mass is 19.3. The van der Waals surface area contributed by atoms with Gasteiger partial charge in [0.25, 0.3) is 0 Å². The molecule has 0 radical (unpaired) electrons. The van der Waals surface area contributed by atoms with Crippen LogP contribution in [0.2, 0.25) is 0 Å². The molecule has 0 bridgehead atoms. The Balaban J connectivity index is 1.12. The average Bonchev–Trinajstić information content (AvgIpc) is 3.04. The number of unbranched alkanes of at least 4 members (excludes halogenated alkanes) is 6. The molecule has 0 atom stereocenters. The third-order valence-electron chi connectivity index (χ3n) is 7.58. The summed E-state index contributed by atoms with van der Waals surface area (Å²) in [5.74, 6) is -2.48. The molecule has 0 heterocycles. The Bertz CT molecular complexity index is 1580. The van der Waals surface area contributed by atoms with E-state index in [-0.39, 0.29) is 22.6 Å². The molecule has 0 aliphatic heterocycles. The normalized spacial score (nSPS) is 11.5. The molecule has 0 aliphatic rings. The van der Waals surface area contributed by atoms with Gasteiger partial charge in [-0.1, -0.05) is 44.2 Å². The Kier molecular flexibility index (Phi) is 11.9. The summed E-state index contributed by atoms with van der Waals surface area (Å²) in [5, 5.41) is 17.6. The molecule has 0 spiro atoms. The van der Waals surface area contributed by atoms with Crippen LogP contribution < -0.4 is 9.47 Å². The Morgan fingerprint density at radius 1 is 0.489 bits per heavy atom. The molecule has 0 saturated carbocycles. The predicted molar refractivity (Wildman–Crippen MR) is 164 cm³/mol. The SMILES string of the molecule is N#Cc1ccc(OC(F)(F)c2ccc(CCCCCCCCCc3ccc(C(F)(F)Oc4ccc(C#N)cc4)c(F)c3)cc2F)cc1. The maximum absolute atomic E-state index is 14.6. The molecule has 4 rings (SSSR count). The van der Waals surface area contributed by atoms with Gasteiger partial charge in [0.05, 0.1) is 34.4 Å². The van der Waals surface area contributed by atoms with E-state index in [1.807, 2.05) is 12.1 Å². The van der Waals surface area contributed by atoms with Gasteiger partial charge in [-0.05, 0) is 110 Å². The summed E-state index contributed by atoms with van der Waals surface area (Å²) in [6.45, 7) is 0. The molecule has 0 unspecified atom stereocenters. The van der Waals surface area contributed by atoms with Crippen LogP contribution >= 0.6 is 0 Å². The van der Waals surface area contributed by atoms with E-state index in [4.69, 9.17) is 20.0 Å². The summed E-state index contributed by atoms with van der Waals surface area (Å²) in [6.07, 6.45) is -0.555. The highest BCUT2D eigenvalue weighted by molar-refractivity contribution is 5.37. The monoisotopic (exact) mass is 650 g/mol. The van der Waals surface area contributed by atoms with Gasteiger partial charge in [-0.2, -0.15) is 28.1 Å². The zero-order valence-electron chi connectivity index (χ0n) is 25.4. The standard InChI is InChI=1S/C37H32F6N2O2/c38-34-22-26(14-20-32(34)36(40,41)46-30-16-10-28(24-44)11-17-30)8-6-4-2-1-3-5-7-9-27-15-21-33(35(39)23-27)37(42,43)47-31-18-12-29(25-45)13-19-31/h10-23H,1-9H2.